The molecule has 19 heavy (non-hydrogen) atoms. The highest BCUT2D eigenvalue weighted by Gasteiger charge is 2.16. The normalized spacial score (nSPS) is 10.5. The van der Waals surface area contributed by atoms with E-state index in [4.69, 9.17) is 16.3 Å². The Morgan fingerprint density at radius 3 is 2.79 bits per heavy atom. The van der Waals surface area contributed by atoms with Crippen molar-refractivity contribution in [2.75, 3.05) is 25.6 Å². The first-order valence-corrected chi connectivity index (χ1v) is 6.35. The van der Waals surface area contributed by atoms with E-state index in [1.165, 1.54) is 6.20 Å². The molecule has 5 heteroatoms. The fraction of sp³-hybridized carbons (Fsp3) is 0.286. The van der Waals surface area contributed by atoms with Gasteiger partial charge in [0, 0.05) is 25.7 Å². The summed E-state index contributed by atoms with van der Waals surface area (Å²) in [6.07, 6.45) is 1.47. The van der Waals surface area contributed by atoms with Crippen LogP contribution in [-0.2, 0) is 4.74 Å². The molecule has 0 saturated carbocycles. The lowest BCUT2D eigenvalue weighted by molar-refractivity contribution is 0.0526. The number of fused-ring (bicyclic) bond motifs is 1. The maximum Gasteiger partial charge on any atom is 0.341 e. The number of nitrogens with zero attached hydrogens (tertiary/aromatic N) is 2. The number of carbonyl (C=O) groups excluding carboxylic acids is 1. The first-order chi connectivity index (χ1) is 9.06. The predicted molar refractivity (Wildman–Crippen MR) is 77.0 cm³/mol. The number of benzene rings is 1. The summed E-state index contributed by atoms with van der Waals surface area (Å²) in [5, 5.41) is 1.13. The molecule has 0 unspecified atom stereocenters. The topological polar surface area (TPSA) is 42.4 Å². The second-order valence-electron chi connectivity index (χ2n) is 4.27. The number of hydrogen-bond acceptors (Lipinski definition) is 4. The third kappa shape index (κ3) is 2.49. The molecular formula is C14H15ClN2O2. The van der Waals surface area contributed by atoms with Gasteiger partial charge in [-0.3, -0.25) is 4.98 Å². The Morgan fingerprint density at radius 1 is 1.42 bits per heavy atom. The van der Waals surface area contributed by atoms with Crippen molar-refractivity contribution in [2.45, 2.75) is 6.92 Å². The first-order valence-electron chi connectivity index (χ1n) is 5.98. The Kier molecular flexibility index (Phi) is 3.90. The second-order valence-corrected chi connectivity index (χ2v) is 4.65. The van der Waals surface area contributed by atoms with Crippen molar-refractivity contribution in [2.24, 2.45) is 0 Å². The van der Waals surface area contributed by atoms with Crippen molar-refractivity contribution in [3.63, 3.8) is 0 Å². The number of anilines is 1. The van der Waals surface area contributed by atoms with E-state index in [-0.39, 0.29) is 0 Å². The zero-order valence-corrected chi connectivity index (χ0v) is 11.9. The molecular weight excluding hydrogens is 264 g/mol. The van der Waals surface area contributed by atoms with Crippen LogP contribution in [0.15, 0.2) is 24.4 Å². The molecule has 0 amide bonds. The van der Waals surface area contributed by atoms with Crippen molar-refractivity contribution in [1.82, 2.24) is 4.98 Å². The largest absolute Gasteiger partial charge is 0.462 e. The molecule has 1 heterocycles. The molecule has 0 N–H and O–H groups in total. The molecule has 100 valence electrons. The van der Waals surface area contributed by atoms with Crippen molar-refractivity contribution < 1.29 is 9.53 Å². The van der Waals surface area contributed by atoms with E-state index >= 15 is 0 Å². The number of pyridine rings is 1. The molecule has 0 aliphatic rings. The number of halogens is 1. The number of para-hydroxylation sites is 1. The average Bonchev–Trinajstić information content (AvgIpc) is 2.38. The summed E-state index contributed by atoms with van der Waals surface area (Å²) in [6, 6.07) is 5.69. The van der Waals surface area contributed by atoms with Gasteiger partial charge in [0.2, 0.25) is 0 Å². The molecule has 0 aliphatic carbocycles. The molecule has 2 aromatic rings. The molecule has 0 bridgehead atoms. The van der Waals surface area contributed by atoms with Gasteiger partial charge in [-0.25, -0.2) is 4.79 Å². The Morgan fingerprint density at radius 2 is 2.16 bits per heavy atom. The van der Waals surface area contributed by atoms with Crippen LogP contribution in [0.1, 0.15) is 17.3 Å². The van der Waals surface area contributed by atoms with Crippen molar-refractivity contribution in [1.29, 1.82) is 0 Å². The molecule has 0 radical (unpaired) electrons. The summed E-state index contributed by atoms with van der Waals surface area (Å²) in [6.45, 7) is 2.06. The molecule has 4 nitrogen and oxygen atoms in total. The first kappa shape index (κ1) is 13.6. The molecule has 0 spiro atoms. The Labute approximate surface area is 116 Å². The van der Waals surface area contributed by atoms with Crippen LogP contribution in [0.2, 0.25) is 5.02 Å². The van der Waals surface area contributed by atoms with Crippen LogP contribution in [0.4, 0.5) is 5.69 Å². The van der Waals surface area contributed by atoms with Gasteiger partial charge in [0.15, 0.2) is 0 Å². The Hall–Kier alpha value is -1.81. The monoisotopic (exact) mass is 278 g/mol. The van der Waals surface area contributed by atoms with Gasteiger partial charge >= 0.3 is 5.97 Å². The summed E-state index contributed by atoms with van der Waals surface area (Å²) in [7, 11) is 3.87. The average molecular weight is 279 g/mol. The highest BCUT2D eigenvalue weighted by Crippen LogP contribution is 2.31. The van der Waals surface area contributed by atoms with Crippen molar-refractivity contribution in [3.8, 4) is 0 Å². The summed E-state index contributed by atoms with van der Waals surface area (Å²) in [5.74, 6) is -0.447. The third-order valence-corrected chi connectivity index (χ3v) is 3.19. The van der Waals surface area contributed by atoms with E-state index in [0.29, 0.717) is 17.2 Å². The minimum Gasteiger partial charge on any atom is -0.462 e. The summed E-state index contributed by atoms with van der Waals surface area (Å²) in [5.41, 5.74) is 2.02. The van der Waals surface area contributed by atoms with E-state index in [1.54, 1.807) is 6.92 Å². The number of rotatable bonds is 3. The molecule has 0 saturated heterocycles. The molecule has 1 aromatic carbocycles. The van der Waals surface area contributed by atoms with Crippen molar-refractivity contribution in [3.05, 3.63) is 35.0 Å². The molecule has 0 aliphatic heterocycles. The lowest BCUT2D eigenvalue weighted by Crippen LogP contribution is -2.10. The molecule has 0 atom stereocenters. The summed E-state index contributed by atoms with van der Waals surface area (Å²) >= 11 is 6.29. The van der Waals surface area contributed by atoms with E-state index in [0.717, 1.165) is 16.6 Å². The Bertz CT molecular complexity index is 626. The lowest BCUT2D eigenvalue weighted by atomic mass is 10.1. The standard InChI is InChI=1S/C14H15ClN2O2/c1-4-19-14(18)10-8-16-13-9(12(10)15)6-5-7-11(13)17(2)3/h5-8H,4H2,1-3H3. The van der Waals surface area contributed by atoms with E-state index in [2.05, 4.69) is 4.98 Å². The van der Waals surface area contributed by atoms with Gasteiger partial charge < -0.3 is 9.64 Å². The SMILES string of the molecule is CCOC(=O)c1cnc2c(N(C)C)cccc2c1Cl. The van der Waals surface area contributed by atoms with Gasteiger partial charge in [0.1, 0.15) is 0 Å². The maximum absolute atomic E-state index is 11.8. The zero-order valence-electron chi connectivity index (χ0n) is 11.1. The molecule has 0 fully saturated rings. The van der Waals surface area contributed by atoms with Gasteiger partial charge in [-0.2, -0.15) is 0 Å². The molecule has 1 aromatic heterocycles. The van der Waals surface area contributed by atoms with Gasteiger partial charge in [0.25, 0.3) is 0 Å². The smallest absolute Gasteiger partial charge is 0.341 e. The van der Waals surface area contributed by atoms with E-state index in [1.807, 2.05) is 37.2 Å². The molecule has 2 rings (SSSR count). The predicted octanol–water partition coefficient (Wildman–Crippen LogP) is 3.13. The minimum atomic E-state index is -0.447. The van der Waals surface area contributed by atoms with Crippen LogP contribution >= 0.6 is 11.6 Å². The summed E-state index contributed by atoms with van der Waals surface area (Å²) < 4.78 is 4.96. The lowest BCUT2D eigenvalue weighted by Gasteiger charge is -2.15. The second kappa shape index (κ2) is 5.45. The minimum absolute atomic E-state index is 0.298. The van der Waals surface area contributed by atoms with Crippen LogP contribution in [0.5, 0.6) is 0 Å². The zero-order chi connectivity index (χ0) is 14.0. The van der Waals surface area contributed by atoms with Crippen LogP contribution in [-0.4, -0.2) is 31.7 Å². The number of carbonyl (C=O) groups is 1. The van der Waals surface area contributed by atoms with Gasteiger partial charge in [0.05, 0.1) is 28.4 Å². The number of esters is 1. The highest BCUT2D eigenvalue weighted by molar-refractivity contribution is 6.38. The number of hydrogen-bond donors (Lipinski definition) is 0. The number of ether oxygens (including phenoxy) is 1. The van der Waals surface area contributed by atoms with Crippen LogP contribution in [0.3, 0.4) is 0 Å². The maximum atomic E-state index is 11.8. The number of aromatic nitrogens is 1. The van der Waals surface area contributed by atoms with Gasteiger partial charge in [-0.05, 0) is 13.0 Å². The van der Waals surface area contributed by atoms with E-state index < -0.39 is 5.97 Å². The van der Waals surface area contributed by atoms with Crippen LogP contribution < -0.4 is 4.90 Å². The van der Waals surface area contributed by atoms with Crippen LogP contribution in [0, 0.1) is 0 Å². The highest BCUT2D eigenvalue weighted by atomic mass is 35.5. The summed E-state index contributed by atoms with van der Waals surface area (Å²) in [4.78, 5) is 18.1. The van der Waals surface area contributed by atoms with Crippen molar-refractivity contribution >= 4 is 34.2 Å². The van der Waals surface area contributed by atoms with E-state index in [9.17, 15) is 4.79 Å². The third-order valence-electron chi connectivity index (χ3n) is 2.79. The Balaban J connectivity index is 2.63. The van der Waals surface area contributed by atoms with Gasteiger partial charge in [-0.15, -0.1) is 0 Å². The van der Waals surface area contributed by atoms with Gasteiger partial charge in [-0.1, -0.05) is 23.7 Å². The fourth-order valence-electron chi connectivity index (χ4n) is 1.89. The fourth-order valence-corrected chi connectivity index (χ4v) is 2.17. The van der Waals surface area contributed by atoms with Crippen LogP contribution in [0.25, 0.3) is 10.9 Å². The quantitative estimate of drug-likeness (QED) is 0.809.